The monoisotopic (exact) mass is 433 g/mol. The normalized spacial score (nSPS) is 18.8. The maximum Gasteiger partial charge on any atom is 0.290 e. The minimum absolute atomic E-state index is 0.266. The van der Waals surface area contributed by atoms with E-state index in [1.54, 1.807) is 12.3 Å². The third kappa shape index (κ3) is 4.37. The van der Waals surface area contributed by atoms with E-state index in [0.717, 1.165) is 18.7 Å². The quantitative estimate of drug-likeness (QED) is 0.725. The van der Waals surface area contributed by atoms with Crippen LogP contribution in [0.4, 0.5) is 25.5 Å². The highest BCUT2D eigenvalue weighted by molar-refractivity contribution is 8.18. The summed E-state index contributed by atoms with van der Waals surface area (Å²) in [6, 6.07) is 2.86. The maximum absolute atomic E-state index is 13.5. The summed E-state index contributed by atoms with van der Waals surface area (Å²) in [6.07, 6.45) is 4.45. The van der Waals surface area contributed by atoms with Gasteiger partial charge >= 0.3 is 0 Å². The zero-order chi connectivity index (χ0) is 21.3. The second kappa shape index (κ2) is 7.94. The molecule has 0 radical (unpaired) electrons. The summed E-state index contributed by atoms with van der Waals surface area (Å²) >= 11 is 0.824. The summed E-state index contributed by atoms with van der Waals surface area (Å²) < 4.78 is 27.1. The number of hydrogen-bond acceptors (Lipinski definition) is 9. The molecule has 2 aromatic heterocycles. The molecule has 0 aromatic carbocycles. The molecule has 0 bridgehead atoms. The summed E-state index contributed by atoms with van der Waals surface area (Å²) in [5, 5.41) is 1.78. The van der Waals surface area contributed by atoms with E-state index in [9.17, 15) is 18.4 Å². The number of hydrogen-bond donors (Lipinski definition) is 1. The molecule has 0 saturated carbocycles. The second-order valence-electron chi connectivity index (χ2n) is 6.74. The van der Waals surface area contributed by atoms with Crippen molar-refractivity contribution in [3.05, 3.63) is 40.8 Å². The lowest BCUT2D eigenvalue weighted by atomic mass is 10.2. The van der Waals surface area contributed by atoms with Gasteiger partial charge in [0.05, 0.1) is 10.6 Å². The van der Waals surface area contributed by atoms with E-state index in [4.69, 9.17) is 0 Å². The number of nitrogens with one attached hydrogen (secondary N) is 1. The lowest BCUT2D eigenvalue weighted by molar-refractivity contribution is -0.115. The molecule has 1 N–H and O–H groups in total. The fourth-order valence-corrected chi connectivity index (χ4v) is 3.67. The van der Waals surface area contributed by atoms with Crippen LogP contribution < -0.4 is 15.1 Å². The van der Waals surface area contributed by atoms with Crippen LogP contribution in [0.1, 0.15) is 18.3 Å². The molecular weight excluding hydrogens is 416 g/mol. The lowest BCUT2D eigenvalue weighted by Crippen LogP contribution is -2.47. The summed E-state index contributed by atoms with van der Waals surface area (Å²) in [4.78, 5) is 43.9. The molecule has 0 unspecified atom stereocenters. The first-order valence-corrected chi connectivity index (χ1v) is 9.90. The van der Waals surface area contributed by atoms with E-state index >= 15 is 0 Å². The van der Waals surface area contributed by atoms with Crippen molar-refractivity contribution in [2.24, 2.45) is 0 Å². The summed E-state index contributed by atoms with van der Waals surface area (Å²) in [5.41, 5.74) is 0.197. The van der Waals surface area contributed by atoms with Gasteiger partial charge in [0.1, 0.15) is 5.69 Å². The van der Waals surface area contributed by atoms with Crippen molar-refractivity contribution < 1.29 is 18.4 Å². The molecule has 0 aliphatic carbocycles. The van der Waals surface area contributed by atoms with Gasteiger partial charge in [0.2, 0.25) is 11.9 Å². The third-order valence-corrected chi connectivity index (χ3v) is 5.33. The lowest BCUT2D eigenvalue weighted by Gasteiger charge is -2.34. The average molecular weight is 433 g/mol. The number of piperazine rings is 1. The van der Waals surface area contributed by atoms with Crippen LogP contribution in [-0.2, 0) is 10.7 Å². The van der Waals surface area contributed by atoms with Gasteiger partial charge in [-0.25, -0.2) is 19.9 Å². The van der Waals surface area contributed by atoms with Gasteiger partial charge < -0.3 is 9.80 Å². The van der Waals surface area contributed by atoms with Gasteiger partial charge in [-0.1, -0.05) is 0 Å². The van der Waals surface area contributed by atoms with E-state index in [1.165, 1.54) is 18.3 Å². The highest BCUT2D eigenvalue weighted by Crippen LogP contribution is 2.27. The number of nitrogens with zero attached hydrogens (tertiary/aromatic N) is 6. The number of carbonyl (C=O) groups is 2. The van der Waals surface area contributed by atoms with Gasteiger partial charge in [-0.3, -0.25) is 14.9 Å². The van der Waals surface area contributed by atoms with Crippen LogP contribution in [0.3, 0.4) is 0 Å². The molecule has 156 valence electrons. The Hall–Kier alpha value is -3.15. The molecule has 0 spiro atoms. The molecule has 30 heavy (non-hydrogen) atoms. The van der Waals surface area contributed by atoms with Crippen molar-refractivity contribution in [3.8, 4) is 0 Å². The van der Waals surface area contributed by atoms with E-state index in [0.29, 0.717) is 37.8 Å². The highest BCUT2D eigenvalue weighted by atomic mass is 32.2. The topological polar surface area (TPSA) is 104 Å². The Bertz CT molecular complexity index is 1020. The first-order chi connectivity index (χ1) is 14.3. The van der Waals surface area contributed by atoms with Gasteiger partial charge in [0.15, 0.2) is 0 Å². The number of imide groups is 1. The van der Waals surface area contributed by atoms with Gasteiger partial charge in [-0.05, 0) is 30.0 Å². The average Bonchev–Trinajstić information content (AvgIpc) is 3.04. The zero-order valence-corrected chi connectivity index (χ0v) is 16.7. The third-order valence-electron chi connectivity index (χ3n) is 4.52. The highest BCUT2D eigenvalue weighted by Gasteiger charge is 2.28. The first-order valence-electron chi connectivity index (χ1n) is 9.09. The summed E-state index contributed by atoms with van der Waals surface area (Å²) in [6.45, 7) is 2.92. The Morgan fingerprint density at radius 1 is 1.03 bits per heavy atom. The van der Waals surface area contributed by atoms with Crippen LogP contribution in [0.5, 0.6) is 0 Å². The van der Waals surface area contributed by atoms with Crippen molar-refractivity contribution in [2.75, 3.05) is 36.0 Å². The molecular formula is C18H17F2N7O2S. The van der Waals surface area contributed by atoms with Crippen LogP contribution in [0, 0.1) is 0 Å². The fraction of sp³-hybridized carbons (Fsp3) is 0.333. The van der Waals surface area contributed by atoms with Crippen molar-refractivity contribution in [1.82, 2.24) is 25.3 Å². The molecule has 12 heteroatoms. The van der Waals surface area contributed by atoms with E-state index in [-0.39, 0.29) is 16.5 Å². The minimum Gasteiger partial charge on any atom is -0.337 e. The minimum atomic E-state index is -3.03. The molecule has 4 rings (SSSR count). The smallest absolute Gasteiger partial charge is 0.290 e. The molecule has 2 saturated heterocycles. The Morgan fingerprint density at radius 3 is 2.20 bits per heavy atom. The SMILES string of the molecule is CC(F)(F)c1ccnc(N2CCN(c3nccc(/C=C4\SC(=O)NC4=O)n3)CC2)n1. The number of anilines is 2. The number of aromatic nitrogens is 4. The number of alkyl halides is 2. The Balaban J connectivity index is 1.44. The molecule has 4 heterocycles. The van der Waals surface area contributed by atoms with Crippen LogP contribution in [0.25, 0.3) is 6.08 Å². The summed E-state index contributed by atoms with van der Waals surface area (Å²) in [5.74, 6) is -2.73. The van der Waals surface area contributed by atoms with E-state index in [1.807, 2.05) is 9.80 Å². The number of carbonyl (C=O) groups excluding carboxylic acids is 2. The first kappa shape index (κ1) is 20.1. The number of amides is 2. The predicted octanol–water partition coefficient (Wildman–Crippen LogP) is 2.03. The maximum atomic E-state index is 13.5. The van der Waals surface area contributed by atoms with Crippen molar-refractivity contribution >= 4 is 40.9 Å². The molecule has 2 fully saturated rings. The largest absolute Gasteiger partial charge is 0.337 e. The van der Waals surface area contributed by atoms with Crippen LogP contribution in [-0.4, -0.2) is 57.3 Å². The standard InChI is InChI=1S/C18H17F2N7O2S/c1-18(19,20)13-3-5-22-16(24-13)27-8-6-26(7-9-27)15-21-4-2-11(23-15)10-12-14(28)25-17(29)30-12/h2-5,10H,6-9H2,1H3,(H,25,28,29)/b12-10-. The van der Waals surface area contributed by atoms with Gasteiger partial charge in [-0.2, -0.15) is 8.78 Å². The molecule has 2 aromatic rings. The van der Waals surface area contributed by atoms with Crippen molar-refractivity contribution in [3.63, 3.8) is 0 Å². The van der Waals surface area contributed by atoms with Crippen molar-refractivity contribution in [1.29, 1.82) is 0 Å². The van der Waals surface area contributed by atoms with Gasteiger partial charge in [-0.15, -0.1) is 0 Å². The van der Waals surface area contributed by atoms with E-state index < -0.39 is 17.1 Å². The Labute approximate surface area is 174 Å². The Kier molecular flexibility index (Phi) is 5.33. The molecule has 2 aliphatic rings. The predicted molar refractivity (Wildman–Crippen MR) is 107 cm³/mol. The molecule has 0 atom stereocenters. The van der Waals surface area contributed by atoms with Crippen LogP contribution >= 0.6 is 11.8 Å². The van der Waals surface area contributed by atoms with Crippen LogP contribution in [0.2, 0.25) is 0 Å². The van der Waals surface area contributed by atoms with E-state index in [2.05, 4.69) is 25.3 Å². The number of thioether (sulfide) groups is 1. The fourth-order valence-electron chi connectivity index (χ4n) is 3.00. The van der Waals surface area contributed by atoms with Crippen molar-refractivity contribution in [2.45, 2.75) is 12.8 Å². The zero-order valence-electron chi connectivity index (χ0n) is 15.9. The Morgan fingerprint density at radius 2 is 1.63 bits per heavy atom. The number of rotatable bonds is 4. The number of halogens is 2. The molecule has 9 nitrogen and oxygen atoms in total. The van der Waals surface area contributed by atoms with Gasteiger partial charge in [0.25, 0.3) is 17.1 Å². The van der Waals surface area contributed by atoms with Gasteiger partial charge in [0, 0.05) is 45.5 Å². The molecule has 2 amide bonds. The second-order valence-corrected chi connectivity index (χ2v) is 7.75. The summed E-state index contributed by atoms with van der Waals surface area (Å²) in [7, 11) is 0. The molecule has 2 aliphatic heterocycles. The van der Waals surface area contributed by atoms with Crippen LogP contribution in [0.15, 0.2) is 29.4 Å².